The summed E-state index contributed by atoms with van der Waals surface area (Å²) in [7, 11) is 0. The second-order valence-corrected chi connectivity index (χ2v) is 5.21. The first kappa shape index (κ1) is 17.9. The average Bonchev–Trinajstić information content (AvgIpc) is 2.45. The van der Waals surface area contributed by atoms with Crippen molar-refractivity contribution in [2.24, 2.45) is 0 Å². The summed E-state index contributed by atoms with van der Waals surface area (Å²) in [5, 5.41) is 4.71. The van der Waals surface area contributed by atoms with Gasteiger partial charge in [0.15, 0.2) is 6.54 Å². The number of hydrogen-bond donors (Lipinski definition) is 2. The standard InChI is InChI=1S/C15H22ClFN2O2/c1-2-3-8-21-9-4-7-18-11-15(20)19-14-6-5-12(16)10-13(14)17/h5-6,10,18H,2-4,7-9,11H2,1H3,(H,19,20)/p+1. The third kappa shape index (κ3) is 7.99. The second-order valence-electron chi connectivity index (χ2n) is 4.77. The monoisotopic (exact) mass is 317 g/mol. The van der Waals surface area contributed by atoms with E-state index < -0.39 is 5.82 Å². The Kier molecular flexibility index (Phi) is 8.98. The number of carbonyl (C=O) groups is 1. The molecule has 21 heavy (non-hydrogen) atoms. The molecule has 0 aliphatic rings. The molecule has 0 fully saturated rings. The number of carbonyl (C=O) groups excluding carboxylic acids is 1. The molecule has 0 aliphatic heterocycles. The molecule has 1 amide bonds. The van der Waals surface area contributed by atoms with Crippen LogP contribution in [0, 0.1) is 5.82 Å². The van der Waals surface area contributed by atoms with E-state index in [2.05, 4.69) is 12.2 Å². The molecule has 0 saturated carbocycles. The summed E-state index contributed by atoms with van der Waals surface area (Å²) in [5.74, 6) is -0.761. The van der Waals surface area contributed by atoms with Crippen molar-refractivity contribution in [2.45, 2.75) is 26.2 Å². The quantitative estimate of drug-likeness (QED) is 0.650. The zero-order valence-electron chi connectivity index (χ0n) is 12.3. The first-order valence-electron chi connectivity index (χ1n) is 7.27. The van der Waals surface area contributed by atoms with E-state index in [1.54, 1.807) is 0 Å². The van der Waals surface area contributed by atoms with Gasteiger partial charge in [-0.25, -0.2) is 4.39 Å². The lowest BCUT2D eigenvalue weighted by Crippen LogP contribution is -2.86. The minimum absolute atomic E-state index is 0.153. The Morgan fingerprint density at radius 1 is 1.38 bits per heavy atom. The van der Waals surface area contributed by atoms with E-state index in [1.807, 2.05) is 5.32 Å². The van der Waals surface area contributed by atoms with Crippen LogP contribution in [0.5, 0.6) is 0 Å². The number of quaternary nitrogens is 1. The molecule has 0 atom stereocenters. The average molecular weight is 318 g/mol. The molecule has 0 spiro atoms. The van der Waals surface area contributed by atoms with Crippen LogP contribution < -0.4 is 10.6 Å². The molecule has 4 nitrogen and oxygen atoms in total. The van der Waals surface area contributed by atoms with E-state index in [9.17, 15) is 9.18 Å². The number of benzene rings is 1. The molecule has 1 aromatic carbocycles. The smallest absolute Gasteiger partial charge is 0.279 e. The second kappa shape index (κ2) is 10.5. The minimum atomic E-state index is -0.528. The van der Waals surface area contributed by atoms with Crippen LogP contribution in [0.4, 0.5) is 10.1 Å². The molecule has 3 N–H and O–H groups in total. The van der Waals surface area contributed by atoms with Crippen molar-refractivity contribution in [3.63, 3.8) is 0 Å². The van der Waals surface area contributed by atoms with Crippen LogP contribution in [0.15, 0.2) is 18.2 Å². The topological polar surface area (TPSA) is 54.9 Å². The lowest BCUT2D eigenvalue weighted by molar-refractivity contribution is -0.644. The molecule has 0 bridgehead atoms. The SMILES string of the molecule is CCCCOCCC[NH2+]CC(=O)Nc1ccc(Cl)cc1F. The number of nitrogens with two attached hydrogens (primary N) is 1. The van der Waals surface area contributed by atoms with Crippen molar-refractivity contribution in [1.29, 1.82) is 0 Å². The van der Waals surface area contributed by atoms with Gasteiger partial charge in [0.1, 0.15) is 5.82 Å². The summed E-state index contributed by atoms with van der Waals surface area (Å²) in [6.45, 7) is 4.70. The van der Waals surface area contributed by atoms with Crippen molar-refractivity contribution in [3.8, 4) is 0 Å². The summed E-state index contributed by atoms with van der Waals surface area (Å²) in [4.78, 5) is 11.7. The molecule has 1 aromatic rings. The van der Waals surface area contributed by atoms with Gasteiger partial charge in [-0.1, -0.05) is 24.9 Å². The van der Waals surface area contributed by atoms with Gasteiger partial charge >= 0.3 is 0 Å². The van der Waals surface area contributed by atoms with Crippen molar-refractivity contribution >= 4 is 23.2 Å². The Morgan fingerprint density at radius 2 is 2.14 bits per heavy atom. The fraction of sp³-hybridized carbons (Fsp3) is 0.533. The number of amides is 1. The molecule has 118 valence electrons. The lowest BCUT2D eigenvalue weighted by atomic mass is 10.3. The van der Waals surface area contributed by atoms with Crippen LogP contribution in [0.3, 0.4) is 0 Å². The molecule has 0 unspecified atom stereocenters. The number of halogens is 2. The van der Waals surface area contributed by atoms with Gasteiger partial charge in [0, 0.05) is 18.1 Å². The third-order valence-electron chi connectivity index (χ3n) is 2.87. The summed E-state index contributed by atoms with van der Waals surface area (Å²) in [6, 6.07) is 4.17. The Hall–Kier alpha value is -1.17. The Balaban J connectivity index is 2.11. The lowest BCUT2D eigenvalue weighted by Gasteiger charge is -2.06. The van der Waals surface area contributed by atoms with Gasteiger partial charge in [0.2, 0.25) is 0 Å². The van der Waals surface area contributed by atoms with Crippen LogP contribution >= 0.6 is 11.6 Å². The summed E-state index contributed by atoms with van der Waals surface area (Å²) in [5.41, 5.74) is 0.153. The van der Waals surface area contributed by atoms with Gasteiger partial charge in [-0.2, -0.15) is 0 Å². The van der Waals surface area contributed by atoms with Gasteiger partial charge < -0.3 is 15.4 Å². The largest absolute Gasteiger partial charge is 0.381 e. The maximum atomic E-state index is 13.5. The van der Waals surface area contributed by atoms with E-state index in [1.165, 1.54) is 18.2 Å². The first-order valence-corrected chi connectivity index (χ1v) is 7.65. The van der Waals surface area contributed by atoms with Crippen LogP contribution in [-0.2, 0) is 9.53 Å². The maximum Gasteiger partial charge on any atom is 0.279 e. The highest BCUT2D eigenvalue weighted by molar-refractivity contribution is 6.30. The minimum Gasteiger partial charge on any atom is -0.381 e. The Morgan fingerprint density at radius 3 is 2.86 bits per heavy atom. The predicted octanol–water partition coefficient (Wildman–Crippen LogP) is 2.19. The highest BCUT2D eigenvalue weighted by Crippen LogP contribution is 2.18. The van der Waals surface area contributed by atoms with Crippen molar-refractivity contribution in [2.75, 3.05) is 31.6 Å². The third-order valence-corrected chi connectivity index (χ3v) is 3.11. The van der Waals surface area contributed by atoms with Gasteiger partial charge in [-0.3, -0.25) is 4.79 Å². The highest BCUT2D eigenvalue weighted by Gasteiger charge is 2.08. The van der Waals surface area contributed by atoms with Gasteiger partial charge in [0.05, 0.1) is 18.8 Å². The van der Waals surface area contributed by atoms with Crippen molar-refractivity contribution in [1.82, 2.24) is 0 Å². The van der Waals surface area contributed by atoms with E-state index in [4.69, 9.17) is 16.3 Å². The van der Waals surface area contributed by atoms with Gasteiger partial charge in [0.25, 0.3) is 5.91 Å². The normalized spacial score (nSPS) is 10.6. The van der Waals surface area contributed by atoms with E-state index in [0.29, 0.717) is 11.6 Å². The fourth-order valence-electron chi connectivity index (χ4n) is 1.70. The number of rotatable bonds is 10. The van der Waals surface area contributed by atoms with Crippen LogP contribution in [0.1, 0.15) is 26.2 Å². The number of unbranched alkanes of at least 4 members (excludes halogenated alkanes) is 1. The van der Waals surface area contributed by atoms with Crippen LogP contribution in [0.25, 0.3) is 0 Å². The van der Waals surface area contributed by atoms with E-state index in [-0.39, 0.29) is 18.1 Å². The van der Waals surface area contributed by atoms with Crippen molar-refractivity contribution in [3.05, 3.63) is 29.0 Å². The van der Waals surface area contributed by atoms with Crippen LogP contribution in [-0.4, -0.2) is 32.2 Å². The molecule has 6 heteroatoms. The molecule has 0 heterocycles. The first-order chi connectivity index (χ1) is 10.1. The van der Waals surface area contributed by atoms with Crippen LogP contribution in [0.2, 0.25) is 5.02 Å². The zero-order valence-corrected chi connectivity index (χ0v) is 13.1. The van der Waals surface area contributed by atoms with E-state index >= 15 is 0 Å². The molecule has 0 aliphatic carbocycles. The summed E-state index contributed by atoms with van der Waals surface area (Å²) in [6.07, 6.45) is 3.11. The number of anilines is 1. The highest BCUT2D eigenvalue weighted by atomic mass is 35.5. The molecule has 1 rings (SSSR count). The molecular formula is C15H23ClFN2O2+. The number of hydrogen-bond acceptors (Lipinski definition) is 2. The van der Waals surface area contributed by atoms with E-state index in [0.717, 1.165) is 32.4 Å². The van der Waals surface area contributed by atoms with Gasteiger partial charge in [-0.15, -0.1) is 0 Å². The maximum absolute atomic E-state index is 13.5. The molecule has 0 aromatic heterocycles. The Bertz CT molecular complexity index is 444. The zero-order chi connectivity index (χ0) is 15.5. The Labute approximate surface area is 130 Å². The summed E-state index contributed by atoms with van der Waals surface area (Å²) >= 11 is 5.65. The molecular weight excluding hydrogens is 295 g/mol. The van der Waals surface area contributed by atoms with Gasteiger partial charge in [-0.05, 0) is 24.6 Å². The predicted molar refractivity (Wildman–Crippen MR) is 82.0 cm³/mol. The molecule has 0 radical (unpaired) electrons. The van der Waals surface area contributed by atoms with Crippen molar-refractivity contribution < 1.29 is 19.2 Å². The molecule has 0 saturated heterocycles. The number of ether oxygens (including phenoxy) is 1. The summed E-state index contributed by atoms with van der Waals surface area (Å²) < 4.78 is 18.9. The fourth-order valence-corrected chi connectivity index (χ4v) is 1.86. The number of nitrogens with one attached hydrogen (secondary N) is 1.